The summed E-state index contributed by atoms with van der Waals surface area (Å²) in [7, 11) is 0. The lowest BCUT2D eigenvalue weighted by Crippen LogP contribution is -2.49. The number of likely N-dealkylation sites (tertiary alicyclic amines) is 1. The Labute approximate surface area is 192 Å². The number of imide groups is 1. The van der Waals surface area contributed by atoms with Gasteiger partial charge in [0.1, 0.15) is 6.04 Å². The summed E-state index contributed by atoms with van der Waals surface area (Å²) in [6.07, 6.45) is 3.71. The fourth-order valence-electron chi connectivity index (χ4n) is 5.48. The van der Waals surface area contributed by atoms with Gasteiger partial charge in [0.05, 0.1) is 17.9 Å². The van der Waals surface area contributed by atoms with E-state index in [0.29, 0.717) is 17.1 Å². The van der Waals surface area contributed by atoms with Gasteiger partial charge in [-0.3, -0.25) is 19.3 Å². The molecule has 2 aromatic carbocycles. The Balaban J connectivity index is 1.64. The SMILES string of the molecule is CCCCN1C(=O)[C@@H]2[C@H](C1=O)[C@@H]1C=C(C)c3ccccc3N1[C@@H]2C(=O)c1ccc(Cl)cc1. The van der Waals surface area contributed by atoms with Crippen LogP contribution >= 0.6 is 11.6 Å². The van der Waals surface area contributed by atoms with Crippen molar-refractivity contribution in [2.24, 2.45) is 11.8 Å². The van der Waals surface area contributed by atoms with Gasteiger partial charge in [-0.2, -0.15) is 0 Å². The highest BCUT2D eigenvalue weighted by atomic mass is 35.5. The van der Waals surface area contributed by atoms with Crippen LogP contribution < -0.4 is 4.90 Å². The normalized spacial score (nSPS) is 26.0. The van der Waals surface area contributed by atoms with Gasteiger partial charge in [0, 0.05) is 28.4 Å². The number of carbonyl (C=O) groups is 3. The number of halogens is 1. The molecule has 0 radical (unpaired) electrons. The number of fused-ring (bicyclic) bond motifs is 5. The highest BCUT2D eigenvalue weighted by Crippen LogP contribution is 2.50. The maximum atomic E-state index is 13.8. The number of amides is 2. The summed E-state index contributed by atoms with van der Waals surface area (Å²) >= 11 is 6.03. The Morgan fingerprint density at radius 3 is 2.41 bits per heavy atom. The van der Waals surface area contributed by atoms with Crippen molar-refractivity contribution < 1.29 is 14.4 Å². The van der Waals surface area contributed by atoms with Crippen LogP contribution in [0.4, 0.5) is 5.69 Å². The van der Waals surface area contributed by atoms with Gasteiger partial charge in [0.15, 0.2) is 5.78 Å². The number of hydrogen-bond acceptors (Lipinski definition) is 4. The Hall–Kier alpha value is -2.92. The van der Waals surface area contributed by atoms with Gasteiger partial charge in [-0.05, 0) is 49.2 Å². The van der Waals surface area contributed by atoms with Crippen molar-refractivity contribution in [1.29, 1.82) is 0 Å². The van der Waals surface area contributed by atoms with Crippen LogP contribution in [0.1, 0.15) is 42.6 Å². The van der Waals surface area contributed by atoms with E-state index in [1.165, 1.54) is 4.90 Å². The summed E-state index contributed by atoms with van der Waals surface area (Å²) in [6.45, 7) is 4.47. The molecule has 0 N–H and O–H groups in total. The molecule has 4 atom stereocenters. The summed E-state index contributed by atoms with van der Waals surface area (Å²) in [5, 5.41) is 0.545. The molecule has 0 aromatic heterocycles. The molecule has 5 nitrogen and oxygen atoms in total. The lowest BCUT2D eigenvalue weighted by Gasteiger charge is -2.38. The van der Waals surface area contributed by atoms with Crippen molar-refractivity contribution in [3.63, 3.8) is 0 Å². The summed E-state index contributed by atoms with van der Waals surface area (Å²) in [5.74, 6) is -1.77. The summed E-state index contributed by atoms with van der Waals surface area (Å²) in [6, 6.07) is 13.6. The number of para-hydroxylation sites is 1. The van der Waals surface area contributed by atoms with Crippen LogP contribution in [0.5, 0.6) is 0 Å². The van der Waals surface area contributed by atoms with Gasteiger partial charge in [-0.1, -0.05) is 49.2 Å². The van der Waals surface area contributed by atoms with E-state index in [1.807, 2.05) is 43.0 Å². The smallest absolute Gasteiger partial charge is 0.235 e. The topological polar surface area (TPSA) is 57.7 Å². The predicted molar refractivity (Wildman–Crippen MR) is 125 cm³/mol. The third-order valence-corrected chi connectivity index (χ3v) is 7.23. The highest BCUT2D eigenvalue weighted by molar-refractivity contribution is 6.30. The van der Waals surface area contributed by atoms with Crippen LogP contribution in [0.3, 0.4) is 0 Å². The Bertz CT molecular complexity index is 1140. The molecule has 5 rings (SSSR count). The zero-order valence-electron chi connectivity index (χ0n) is 18.1. The molecule has 3 aliphatic rings. The fraction of sp³-hybridized carbons (Fsp3) is 0.346. The van der Waals surface area contributed by atoms with Crippen molar-refractivity contribution in [2.45, 2.75) is 38.8 Å². The molecule has 2 saturated heterocycles. The summed E-state index contributed by atoms with van der Waals surface area (Å²) < 4.78 is 0. The lowest BCUT2D eigenvalue weighted by atomic mass is 9.85. The zero-order valence-corrected chi connectivity index (χ0v) is 18.9. The number of Topliss-reactive ketones (excluding diaryl/α,β-unsaturated/α-hetero) is 1. The van der Waals surface area contributed by atoms with Crippen molar-refractivity contribution in [3.05, 3.63) is 70.8 Å². The van der Waals surface area contributed by atoms with E-state index in [-0.39, 0.29) is 23.6 Å². The number of hydrogen-bond donors (Lipinski definition) is 0. The number of nitrogens with zero attached hydrogens (tertiary/aromatic N) is 2. The average Bonchev–Trinajstić information content (AvgIpc) is 3.25. The second kappa shape index (κ2) is 7.89. The lowest BCUT2D eigenvalue weighted by molar-refractivity contribution is -0.140. The molecular formula is C26H25ClN2O3. The third kappa shape index (κ3) is 3.02. The van der Waals surface area contributed by atoms with E-state index >= 15 is 0 Å². The molecule has 2 amide bonds. The van der Waals surface area contributed by atoms with E-state index in [4.69, 9.17) is 11.6 Å². The van der Waals surface area contributed by atoms with Crippen molar-refractivity contribution in [3.8, 4) is 0 Å². The molecule has 0 unspecified atom stereocenters. The van der Waals surface area contributed by atoms with E-state index in [9.17, 15) is 14.4 Å². The minimum absolute atomic E-state index is 0.152. The molecule has 0 saturated carbocycles. The maximum absolute atomic E-state index is 13.8. The number of carbonyl (C=O) groups excluding carboxylic acids is 3. The first-order chi connectivity index (χ1) is 15.4. The van der Waals surface area contributed by atoms with Gasteiger partial charge in [0.25, 0.3) is 0 Å². The number of allylic oxidation sites excluding steroid dienone is 1. The van der Waals surface area contributed by atoms with E-state index in [2.05, 4.69) is 6.08 Å². The minimum atomic E-state index is -0.736. The fourth-order valence-corrected chi connectivity index (χ4v) is 5.61. The van der Waals surface area contributed by atoms with Crippen LogP contribution in [0.2, 0.25) is 5.02 Å². The van der Waals surface area contributed by atoms with Crippen molar-refractivity contribution >= 4 is 40.5 Å². The first kappa shape index (κ1) is 21.0. The quantitative estimate of drug-likeness (QED) is 0.495. The molecule has 2 fully saturated rings. The molecular weight excluding hydrogens is 424 g/mol. The molecule has 0 aliphatic carbocycles. The molecule has 0 spiro atoms. The summed E-state index contributed by atoms with van der Waals surface area (Å²) in [4.78, 5) is 44.2. The van der Waals surface area contributed by atoms with Gasteiger partial charge in [-0.15, -0.1) is 0 Å². The van der Waals surface area contributed by atoms with Gasteiger partial charge < -0.3 is 4.90 Å². The number of rotatable bonds is 5. The predicted octanol–water partition coefficient (Wildman–Crippen LogP) is 4.60. The first-order valence-corrected chi connectivity index (χ1v) is 11.5. The van der Waals surface area contributed by atoms with Gasteiger partial charge >= 0.3 is 0 Å². The highest BCUT2D eigenvalue weighted by Gasteiger charge is 2.64. The zero-order chi connectivity index (χ0) is 22.6. The molecule has 32 heavy (non-hydrogen) atoms. The van der Waals surface area contributed by atoms with Gasteiger partial charge in [-0.25, -0.2) is 0 Å². The van der Waals surface area contributed by atoms with Crippen molar-refractivity contribution in [1.82, 2.24) is 4.90 Å². The van der Waals surface area contributed by atoms with Crippen LogP contribution in [-0.2, 0) is 9.59 Å². The average molecular weight is 449 g/mol. The Kier molecular flexibility index (Phi) is 5.17. The third-order valence-electron chi connectivity index (χ3n) is 6.98. The molecule has 164 valence electrons. The standard InChI is InChI=1S/C26H25ClN2O3/c1-3-4-13-28-25(31)21-20-14-15(2)18-7-5-6-8-19(18)29(20)23(22(21)26(28)32)24(30)16-9-11-17(27)12-10-16/h5-12,14,20-23H,3-4,13H2,1-2H3/t20-,21+,22+,23-/m0/s1. The molecule has 6 heteroatoms. The number of ketones is 1. The van der Waals surface area contributed by atoms with E-state index in [0.717, 1.165) is 29.7 Å². The van der Waals surface area contributed by atoms with Crippen molar-refractivity contribution in [2.75, 3.05) is 11.4 Å². The monoisotopic (exact) mass is 448 g/mol. The van der Waals surface area contributed by atoms with E-state index in [1.54, 1.807) is 24.3 Å². The maximum Gasteiger partial charge on any atom is 0.235 e. The van der Waals surface area contributed by atoms with E-state index < -0.39 is 17.9 Å². The Morgan fingerprint density at radius 2 is 1.69 bits per heavy atom. The van der Waals surface area contributed by atoms with Crippen LogP contribution in [0.25, 0.3) is 5.57 Å². The summed E-state index contributed by atoms with van der Waals surface area (Å²) in [5.41, 5.74) is 3.49. The van der Waals surface area contributed by atoms with Crippen LogP contribution in [0, 0.1) is 11.8 Å². The largest absolute Gasteiger partial charge is 0.352 e. The molecule has 0 bridgehead atoms. The molecule has 2 aromatic rings. The number of unbranched alkanes of at least 4 members (excludes halogenated alkanes) is 1. The first-order valence-electron chi connectivity index (χ1n) is 11.1. The Morgan fingerprint density at radius 1 is 1.00 bits per heavy atom. The second-order valence-corrected chi connectivity index (χ2v) is 9.25. The number of anilines is 1. The van der Waals surface area contributed by atoms with Gasteiger partial charge in [0.2, 0.25) is 11.8 Å². The molecule has 3 heterocycles. The van der Waals surface area contributed by atoms with Crippen LogP contribution in [-0.4, -0.2) is 41.1 Å². The second-order valence-electron chi connectivity index (χ2n) is 8.81. The molecule has 3 aliphatic heterocycles. The minimum Gasteiger partial charge on any atom is -0.352 e. The number of benzene rings is 2. The van der Waals surface area contributed by atoms with Crippen LogP contribution in [0.15, 0.2) is 54.6 Å².